The predicted molar refractivity (Wildman–Crippen MR) is 206 cm³/mol. The number of carbonyl (C=O) groups excluding carboxylic acids is 4. The van der Waals surface area contributed by atoms with Crippen molar-refractivity contribution in [2.45, 2.75) is 127 Å². The number of carbonyl (C=O) groups is 4. The summed E-state index contributed by atoms with van der Waals surface area (Å²) >= 11 is 0. The van der Waals surface area contributed by atoms with Gasteiger partial charge in [0.05, 0.1) is 17.9 Å². The van der Waals surface area contributed by atoms with Gasteiger partial charge in [0.15, 0.2) is 0 Å². The molecular weight excluding hydrogens is 784 g/mol. The number of hydrogen-bond acceptors (Lipinski definition) is 10. The number of benzene rings is 1. The molecule has 2 aromatic rings. The number of ether oxygens (including phenoxy) is 3. The van der Waals surface area contributed by atoms with Crippen LogP contribution < -0.4 is 24.8 Å². The molecule has 1 saturated heterocycles. The van der Waals surface area contributed by atoms with Crippen LogP contribution in [-0.2, 0) is 29.1 Å². The minimum atomic E-state index is -4.91. The average molecular weight is 836 g/mol. The van der Waals surface area contributed by atoms with Crippen LogP contribution in [0.15, 0.2) is 42.5 Å². The van der Waals surface area contributed by atoms with Gasteiger partial charge in [-0.1, -0.05) is 44.2 Å². The molecule has 1 aromatic heterocycles. The van der Waals surface area contributed by atoms with Crippen LogP contribution in [0.5, 0.6) is 11.8 Å². The maximum atomic E-state index is 14.8. The van der Waals surface area contributed by atoms with E-state index in [-0.39, 0.29) is 37.1 Å². The number of aromatic nitrogens is 1. The monoisotopic (exact) mass is 835 g/mol. The van der Waals surface area contributed by atoms with Crippen molar-refractivity contribution in [1.29, 1.82) is 0 Å². The Morgan fingerprint density at radius 2 is 1.81 bits per heavy atom. The van der Waals surface area contributed by atoms with E-state index in [0.717, 1.165) is 5.39 Å². The van der Waals surface area contributed by atoms with Crippen molar-refractivity contribution in [1.82, 2.24) is 25.2 Å². The van der Waals surface area contributed by atoms with Gasteiger partial charge >= 0.3 is 12.3 Å². The largest absolute Gasteiger partial charge is 0.478 e. The van der Waals surface area contributed by atoms with Gasteiger partial charge in [0.1, 0.15) is 23.7 Å². The minimum Gasteiger partial charge on any atom is -0.478 e. The highest BCUT2D eigenvalue weighted by molar-refractivity contribution is 7.91. The van der Waals surface area contributed by atoms with Gasteiger partial charge in [0.2, 0.25) is 39.2 Å². The molecule has 2 aliphatic heterocycles. The molecule has 3 heterocycles. The second-order valence-corrected chi connectivity index (χ2v) is 19.1. The number of pyridine rings is 1. The molecule has 3 N–H and O–H groups in total. The molecule has 58 heavy (non-hydrogen) atoms. The van der Waals surface area contributed by atoms with Crippen molar-refractivity contribution in [3.63, 3.8) is 0 Å². The summed E-state index contributed by atoms with van der Waals surface area (Å²) in [4.78, 5) is 62.1. The Hall–Kier alpha value is -4.61. The lowest BCUT2D eigenvalue weighted by Gasteiger charge is -2.34. The molecule has 318 valence electrons. The second kappa shape index (κ2) is 15.9. The molecular formula is C40H52F3N5O9S. The van der Waals surface area contributed by atoms with Crippen LogP contribution in [0.3, 0.4) is 0 Å². The summed E-state index contributed by atoms with van der Waals surface area (Å²) in [6, 6.07) is 6.23. The molecule has 2 saturated carbocycles. The van der Waals surface area contributed by atoms with Gasteiger partial charge in [-0.15, -0.1) is 0 Å². The van der Waals surface area contributed by atoms with E-state index >= 15 is 0 Å². The molecule has 0 radical (unpaired) electrons. The molecule has 6 rings (SSSR count). The van der Waals surface area contributed by atoms with Gasteiger partial charge in [-0.2, -0.15) is 18.2 Å². The molecule has 0 unspecified atom stereocenters. The third kappa shape index (κ3) is 8.86. The van der Waals surface area contributed by atoms with Gasteiger partial charge < -0.3 is 29.7 Å². The molecule has 0 bridgehead atoms. The van der Waals surface area contributed by atoms with Gasteiger partial charge in [-0.3, -0.25) is 19.1 Å². The molecule has 7 atom stereocenters. The Morgan fingerprint density at radius 3 is 2.48 bits per heavy atom. The van der Waals surface area contributed by atoms with Crippen molar-refractivity contribution in [3.05, 3.63) is 42.5 Å². The first-order valence-corrected chi connectivity index (χ1v) is 21.2. The molecule has 2 aliphatic carbocycles. The van der Waals surface area contributed by atoms with Crippen LogP contribution in [0.1, 0.15) is 86.5 Å². The molecule has 3 fully saturated rings. The van der Waals surface area contributed by atoms with Crippen LogP contribution in [0, 0.1) is 17.8 Å². The lowest BCUT2D eigenvalue weighted by atomic mass is 9.88. The van der Waals surface area contributed by atoms with Crippen molar-refractivity contribution in [3.8, 4) is 11.8 Å². The summed E-state index contributed by atoms with van der Waals surface area (Å²) in [5.74, 6) is -3.24. The highest BCUT2D eigenvalue weighted by Crippen LogP contribution is 2.48. The summed E-state index contributed by atoms with van der Waals surface area (Å²) in [5, 5.41) is 6.56. The third-order valence-electron chi connectivity index (χ3n) is 11.8. The third-order valence-corrected chi connectivity index (χ3v) is 14.0. The number of amides is 4. The van der Waals surface area contributed by atoms with E-state index in [1.807, 2.05) is 25.1 Å². The number of nitrogens with one attached hydrogen (secondary N) is 3. The van der Waals surface area contributed by atoms with Crippen LogP contribution in [0.2, 0.25) is 0 Å². The van der Waals surface area contributed by atoms with E-state index in [1.165, 1.54) is 11.8 Å². The van der Waals surface area contributed by atoms with Crippen LogP contribution in [0.4, 0.5) is 18.0 Å². The zero-order valence-corrected chi connectivity index (χ0v) is 34.3. The topological polar surface area (TPSA) is 182 Å². The number of sulfonamides is 1. The molecule has 18 heteroatoms. The smallest absolute Gasteiger partial charge is 0.427 e. The number of allylic oxidation sites excluding steroid dienone is 1. The number of nitrogens with zero attached hydrogens (tertiary/aromatic N) is 2. The Balaban J connectivity index is 1.36. The maximum absolute atomic E-state index is 14.8. The van der Waals surface area contributed by atoms with Crippen molar-refractivity contribution >= 4 is 44.6 Å². The van der Waals surface area contributed by atoms with E-state index < -0.39 is 85.9 Å². The number of fused-ring (bicyclic) bond motifs is 3. The standard InChI is InChI=1S/C40H52F3N5O9S/c1-7-55-30-19-25-13-9-11-15-28(25)33(44-30)56-27-20-29-32(49)46-39(35(51)47-58(53,54)38(6)16-17-38)21-26(39)14-10-8-12-23(2)18-24(3)31(34(50)48(29)22-27)45-36(52)57-37(4,5)40(41,42)43/h9-11,13-15,19,23-24,26-27,29,31H,7-8,12,16-18,20-22H2,1-6H3,(H,45,52)(H,46,49)(H,47,51)/b14-10-/t23-,24-,26-,27-,29+,31+,39-/m1/s1. The fourth-order valence-electron chi connectivity index (χ4n) is 7.66. The van der Waals surface area contributed by atoms with Gasteiger partial charge in [0, 0.05) is 23.8 Å². The zero-order chi connectivity index (χ0) is 42.4. The normalized spacial score (nSPS) is 29.4. The lowest BCUT2D eigenvalue weighted by molar-refractivity contribution is -0.244. The van der Waals surface area contributed by atoms with Crippen LogP contribution >= 0.6 is 0 Å². The first-order valence-electron chi connectivity index (χ1n) is 19.7. The molecule has 14 nitrogen and oxygen atoms in total. The molecule has 4 aliphatic rings. The maximum Gasteiger partial charge on any atom is 0.427 e. The average Bonchev–Trinajstić information content (AvgIpc) is 4.01. The van der Waals surface area contributed by atoms with Gasteiger partial charge in [-0.25, -0.2) is 13.2 Å². The summed E-state index contributed by atoms with van der Waals surface area (Å²) in [6.45, 7) is 8.45. The lowest BCUT2D eigenvalue weighted by Crippen LogP contribution is -2.59. The van der Waals surface area contributed by atoms with Gasteiger partial charge in [0.25, 0.3) is 5.91 Å². The Bertz CT molecular complexity index is 2070. The molecule has 1 aromatic carbocycles. The Morgan fingerprint density at radius 1 is 1.10 bits per heavy atom. The fourth-order valence-corrected chi connectivity index (χ4v) is 8.97. The summed E-state index contributed by atoms with van der Waals surface area (Å²) < 4.78 is 85.6. The molecule has 4 amide bonds. The zero-order valence-electron chi connectivity index (χ0n) is 33.5. The summed E-state index contributed by atoms with van der Waals surface area (Å²) in [6.07, 6.45) is -1.36. The van der Waals surface area contributed by atoms with E-state index in [2.05, 4.69) is 20.3 Å². The SMILES string of the molecule is CCOc1cc2ccccc2c(O[C@@H]2C[C@H]3C(=O)N[C@]4(C(=O)NS(=O)(=O)C5(C)CC5)C[C@H]4/C=C\CC[C@@H](C)C[C@@H](C)[C@H](NC(=O)OC(C)(C)C(F)(F)F)C(=O)N3C2)n1. The molecule has 0 spiro atoms. The number of halogens is 3. The van der Waals surface area contributed by atoms with E-state index in [4.69, 9.17) is 14.2 Å². The number of alkyl halides is 3. The Labute approximate surface area is 336 Å². The van der Waals surface area contributed by atoms with Crippen molar-refractivity contribution in [2.24, 2.45) is 17.8 Å². The van der Waals surface area contributed by atoms with E-state index in [1.54, 1.807) is 38.1 Å². The highest BCUT2D eigenvalue weighted by Gasteiger charge is 2.63. The number of hydrogen-bond donors (Lipinski definition) is 3. The quantitative estimate of drug-likeness (QED) is 0.281. The van der Waals surface area contributed by atoms with Crippen molar-refractivity contribution < 1.29 is 55.0 Å². The summed E-state index contributed by atoms with van der Waals surface area (Å²) in [7, 11) is -4.08. The first-order chi connectivity index (χ1) is 27.1. The Kier molecular flexibility index (Phi) is 11.8. The first kappa shape index (κ1) is 43.0. The van der Waals surface area contributed by atoms with Gasteiger partial charge in [-0.05, 0) is 89.5 Å². The van der Waals surface area contributed by atoms with Crippen LogP contribution in [-0.4, -0.2) is 95.5 Å². The highest BCUT2D eigenvalue weighted by atomic mass is 32.2. The van der Waals surface area contributed by atoms with E-state index in [9.17, 15) is 40.8 Å². The minimum absolute atomic E-state index is 0.0385. The predicted octanol–water partition coefficient (Wildman–Crippen LogP) is 5.30. The van der Waals surface area contributed by atoms with Crippen LogP contribution in [0.25, 0.3) is 10.8 Å². The van der Waals surface area contributed by atoms with E-state index in [0.29, 0.717) is 57.9 Å². The number of alkyl carbamates (subject to hydrolysis) is 1. The summed E-state index contributed by atoms with van der Waals surface area (Å²) in [5.41, 5.74) is -4.53. The number of rotatable bonds is 9. The second-order valence-electron chi connectivity index (χ2n) is 16.9. The fraction of sp³-hybridized carbons (Fsp3) is 0.625. The van der Waals surface area contributed by atoms with Crippen molar-refractivity contribution in [2.75, 3.05) is 13.2 Å².